The number of likely N-dealkylation sites (tertiary alicyclic amines) is 1. The first-order valence-electron chi connectivity index (χ1n) is 7.97. The standard InChI is InChI=1S/C15H24N4O4S/c1-11(2)10-18-7-5-12(6-8-18)17-14-4-3-13(24(16,22)23)9-15(14)19(20)21/h3-4,9,11-12,17H,5-8,10H2,1-2H3,(H2,16,22,23). The third-order valence-electron chi connectivity index (χ3n) is 4.06. The summed E-state index contributed by atoms with van der Waals surface area (Å²) >= 11 is 0. The number of anilines is 1. The van der Waals surface area contributed by atoms with Gasteiger partial charge in [-0.3, -0.25) is 10.1 Å². The maximum Gasteiger partial charge on any atom is 0.293 e. The molecule has 1 aliphatic heterocycles. The van der Waals surface area contributed by atoms with Crippen LogP contribution in [0.15, 0.2) is 23.1 Å². The van der Waals surface area contributed by atoms with E-state index in [4.69, 9.17) is 5.14 Å². The molecule has 1 saturated heterocycles. The summed E-state index contributed by atoms with van der Waals surface area (Å²) in [5.74, 6) is 0.612. The van der Waals surface area contributed by atoms with E-state index in [1.54, 1.807) is 0 Å². The summed E-state index contributed by atoms with van der Waals surface area (Å²) in [4.78, 5) is 12.8. The summed E-state index contributed by atoms with van der Waals surface area (Å²) in [6.45, 7) is 7.30. The van der Waals surface area contributed by atoms with E-state index < -0.39 is 14.9 Å². The smallest absolute Gasteiger partial charge is 0.293 e. The highest BCUT2D eigenvalue weighted by molar-refractivity contribution is 7.89. The molecule has 8 nitrogen and oxygen atoms in total. The fourth-order valence-corrected chi connectivity index (χ4v) is 3.49. The van der Waals surface area contributed by atoms with Crippen LogP contribution in [-0.2, 0) is 10.0 Å². The molecule has 0 amide bonds. The molecule has 0 aromatic heterocycles. The molecule has 1 fully saturated rings. The number of nitrogens with two attached hydrogens (primary N) is 1. The lowest BCUT2D eigenvalue weighted by atomic mass is 10.0. The second kappa shape index (κ2) is 7.45. The van der Waals surface area contributed by atoms with E-state index in [0.717, 1.165) is 38.5 Å². The van der Waals surface area contributed by atoms with E-state index >= 15 is 0 Å². The van der Waals surface area contributed by atoms with Crippen LogP contribution in [0.1, 0.15) is 26.7 Å². The number of nitrogens with zero attached hydrogens (tertiary/aromatic N) is 2. The van der Waals surface area contributed by atoms with Crippen LogP contribution in [0.4, 0.5) is 11.4 Å². The largest absolute Gasteiger partial charge is 0.377 e. The molecular weight excluding hydrogens is 332 g/mol. The normalized spacial score (nSPS) is 17.2. The third kappa shape index (κ3) is 4.89. The Morgan fingerprint density at radius 3 is 2.50 bits per heavy atom. The minimum absolute atomic E-state index is 0.132. The molecule has 2 rings (SSSR count). The van der Waals surface area contributed by atoms with Gasteiger partial charge in [-0.1, -0.05) is 13.8 Å². The first-order valence-corrected chi connectivity index (χ1v) is 9.51. The van der Waals surface area contributed by atoms with Gasteiger partial charge >= 0.3 is 0 Å². The predicted molar refractivity (Wildman–Crippen MR) is 92.4 cm³/mol. The molecule has 1 aliphatic rings. The molecule has 0 saturated carbocycles. The fourth-order valence-electron chi connectivity index (χ4n) is 2.96. The van der Waals surface area contributed by atoms with Crippen LogP contribution in [-0.4, -0.2) is 43.9 Å². The molecule has 24 heavy (non-hydrogen) atoms. The zero-order chi connectivity index (χ0) is 17.9. The van der Waals surface area contributed by atoms with Crippen LogP contribution in [0.2, 0.25) is 0 Å². The highest BCUT2D eigenvalue weighted by atomic mass is 32.2. The van der Waals surface area contributed by atoms with Crippen molar-refractivity contribution in [2.75, 3.05) is 25.0 Å². The van der Waals surface area contributed by atoms with Crippen LogP contribution in [0.25, 0.3) is 0 Å². The minimum atomic E-state index is -3.97. The SMILES string of the molecule is CC(C)CN1CCC(Nc2ccc(S(N)(=O)=O)cc2[N+](=O)[O-])CC1. The zero-order valence-corrected chi connectivity index (χ0v) is 14.8. The number of nitro benzene ring substituents is 1. The van der Waals surface area contributed by atoms with Crippen LogP contribution < -0.4 is 10.5 Å². The van der Waals surface area contributed by atoms with Gasteiger partial charge in [0.25, 0.3) is 5.69 Å². The van der Waals surface area contributed by atoms with Gasteiger partial charge in [0.15, 0.2) is 0 Å². The number of nitro groups is 1. The van der Waals surface area contributed by atoms with E-state index in [1.807, 2.05) is 0 Å². The fraction of sp³-hybridized carbons (Fsp3) is 0.600. The van der Waals surface area contributed by atoms with Gasteiger partial charge < -0.3 is 10.2 Å². The van der Waals surface area contributed by atoms with Gasteiger partial charge in [0.05, 0.1) is 9.82 Å². The van der Waals surface area contributed by atoms with Gasteiger partial charge in [0.2, 0.25) is 10.0 Å². The van der Waals surface area contributed by atoms with Crippen molar-refractivity contribution in [2.45, 2.75) is 37.6 Å². The number of nitrogens with one attached hydrogen (secondary N) is 1. The van der Waals surface area contributed by atoms with Crippen LogP contribution in [0.5, 0.6) is 0 Å². The number of piperidine rings is 1. The Morgan fingerprint density at radius 2 is 2.00 bits per heavy atom. The number of rotatable bonds is 6. The molecule has 3 N–H and O–H groups in total. The van der Waals surface area contributed by atoms with Crippen molar-refractivity contribution >= 4 is 21.4 Å². The summed E-state index contributed by atoms with van der Waals surface area (Å²) in [5.41, 5.74) is 0.0563. The monoisotopic (exact) mass is 356 g/mol. The lowest BCUT2D eigenvalue weighted by Gasteiger charge is -2.33. The lowest BCUT2D eigenvalue weighted by molar-refractivity contribution is -0.384. The molecule has 1 aromatic rings. The molecule has 134 valence electrons. The Balaban J connectivity index is 2.09. The van der Waals surface area contributed by atoms with Gasteiger partial charge in [0, 0.05) is 31.7 Å². The number of hydrogen-bond acceptors (Lipinski definition) is 6. The predicted octanol–water partition coefficient (Wildman–Crippen LogP) is 1.77. The Morgan fingerprint density at radius 1 is 1.38 bits per heavy atom. The summed E-state index contributed by atoms with van der Waals surface area (Å²) in [6.07, 6.45) is 1.78. The molecular formula is C15H24N4O4S. The molecule has 0 unspecified atom stereocenters. The minimum Gasteiger partial charge on any atom is -0.377 e. The lowest BCUT2D eigenvalue weighted by Crippen LogP contribution is -2.40. The van der Waals surface area contributed by atoms with Crippen LogP contribution in [0, 0.1) is 16.0 Å². The Kier molecular flexibility index (Phi) is 5.79. The molecule has 0 spiro atoms. The van der Waals surface area contributed by atoms with Crippen molar-refractivity contribution in [2.24, 2.45) is 11.1 Å². The van der Waals surface area contributed by atoms with Gasteiger partial charge in [-0.25, -0.2) is 13.6 Å². The molecule has 0 bridgehead atoms. The van der Waals surface area contributed by atoms with E-state index in [0.29, 0.717) is 11.6 Å². The van der Waals surface area contributed by atoms with Gasteiger partial charge in [-0.2, -0.15) is 0 Å². The first kappa shape index (κ1) is 18.6. The Labute approximate surface area is 142 Å². The van der Waals surface area contributed by atoms with Crippen molar-refractivity contribution in [3.8, 4) is 0 Å². The Bertz CT molecular complexity index is 697. The molecule has 0 radical (unpaired) electrons. The summed E-state index contributed by atoms with van der Waals surface area (Å²) in [6, 6.07) is 3.84. The van der Waals surface area contributed by atoms with Crippen molar-refractivity contribution in [3.63, 3.8) is 0 Å². The van der Waals surface area contributed by atoms with Gasteiger partial charge in [0.1, 0.15) is 5.69 Å². The first-order chi connectivity index (χ1) is 11.2. The second-order valence-electron chi connectivity index (χ2n) is 6.59. The number of hydrogen-bond donors (Lipinski definition) is 2. The molecule has 9 heteroatoms. The number of benzene rings is 1. The number of sulfonamides is 1. The Hall–Kier alpha value is -1.71. The van der Waals surface area contributed by atoms with Crippen LogP contribution in [0.3, 0.4) is 0 Å². The summed E-state index contributed by atoms with van der Waals surface area (Å²) < 4.78 is 22.7. The highest BCUT2D eigenvalue weighted by Crippen LogP contribution is 2.29. The van der Waals surface area contributed by atoms with Gasteiger partial charge in [-0.15, -0.1) is 0 Å². The highest BCUT2D eigenvalue weighted by Gasteiger charge is 2.24. The van der Waals surface area contributed by atoms with Crippen molar-refractivity contribution < 1.29 is 13.3 Å². The molecule has 1 aromatic carbocycles. The van der Waals surface area contributed by atoms with Gasteiger partial charge in [-0.05, 0) is 30.9 Å². The second-order valence-corrected chi connectivity index (χ2v) is 8.16. The molecule has 0 atom stereocenters. The summed E-state index contributed by atoms with van der Waals surface area (Å²) in [5, 5.41) is 19.5. The van der Waals surface area contributed by atoms with Crippen molar-refractivity contribution in [1.29, 1.82) is 0 Å². The van der Waals surface area contributed by atoms with E-state index in [2.05, 4.69) is 24.1 Å². The third-order valence-corrected chi connectivity index (χ3v) is 4.98. The zero-order valence-electron chi connectivity index (χ0n) is 13.9. The van der Waals surface area contributed by atoms with Crippen molar-refractivity contribution in [1.82, 2.24) is 4.90 Å². The van der Waals surface area contributed by atoms with Crippen molar-refractivity contribution in [3.05, 3.63) is 28.3 Å². The topological polar surface area (TPSA) is 119 Å². The quantitative estimate of drug-likeness (QED) is 0.592. The van der Waals surface area contributed by atoms with Crippen LogP contribution >= 0.6 is 0 Å². The average Bonchev–Trinajstić information content (AvgIpc) is 2.47. The maximum absolute atomic E-state index is 11.4. The van der Waals surface area contributed by atoms with E-state index in [1.165, 1.54) is 12.1 Å². The van der Waals surface area contributed by atoms with E-state index in [9.17, 15) is 18.5 Å². The number of primary sulfonamides is 1. The molecule has 1 heterocycles. The average molecular weight is 356 g/mol. The van der Waals surface area contributed by atoms with E-state index in [-0.39, 0.29) is 16.6 Å². The molecule has 0 aliphatic carbocycles. The summed E-state index contributed by atoms with van der Waals surface area (Å²) in [7, 11) is -3.97. The maximum atomic E-state index is 11.4.